The van der Waals surface area contributed by atoms with Crippen molar-refractivity contribution in [3.63, 3.8) is 0 Å². The van der Waals surface area contributed by atoms with Crippen molar-refractivity contribution in [1.82, 2.24) is 9.80 Å². The van der Waals surface area contributed by atoms with Crippen LogP contribution in [-0.4, -0.2) is 60.6 Å². The minimum Gasteiger partial charge on any atom is -0.373 e. The van der Waals surface area contributed by atoms with Crippen molar-refractivity contribution in [3.8, 4) is 0 Å². The van der Waals surface area contributed by atoms with E-state index in [-0.39, 0.29) is 18.0 Å². The van der Waals surface area contributed by atoms with Crippen LogP contribution in [0.25, 0.3) is 10.8 Å². The van der Waals surface area contributed by atoms with E-state index in [0.29, 0.717) is 44.3 Å². The van der Waals surface area contributed by atoms with Crippen molar-refractivity contribution >= 4 is 28.4 Å². The quantitative estimate of drug-likeness (QED) is 0.589. The largest absolute Gasteiger partial charge is 0.373 e. The minimum atomic E-state index is -0.238. The monoisotopic (exact) mass is 445 g/mol. The van der Waals surface area contributed by atoms with E-state index in [2.05, 4.69) is 19.2 Å². The molecule has 3 amide bonds. The van der Waals surface area contributed by atoms with Crippen LogP contribution >= 0.6 is 0 Å². The Morgan fingerprint density at radius 1 is 1.03 bits per heavy atom. The fourth-order valence-corrected chi connectivity index (χ4v) is 4.25. The number of benzene rings is 3. The van der Waals surface area contributed by atoms with E-state index >= 15 is 0 Å². The molecular formula is C27H31N3O3. The Kier molecular flexibility index (Phi) is 7.25. The zero-order chi connectivity index (χ0) is 23.2. The van der Waals surface area contributed by atoms with Gasteiger partial charge in [-0.2, -0.15) is 0 Å². The van der Waals surface area contributed by atoms with Crippen LogP contribution in [0.1, 0.15) is 24.2 Å². The second-order valence-corrected chi connectivity index (χ2v) is 8.87. The maximum absolute atomic E-state index is 13.6. The van der Waals surface area contributed by atoms with Crippen molar-refractivity contribution in [2.75, 3.05) is 38.1 Å². The molecule has 0 saturated carbocycles. The summed E-state index contributed by atoms with van der Waals surface area (Å²) in [5.41, 5.74) is 1.46. The molecule has 0 aromatic heterocycles. The third-order valence-corrected chi connectivity index (χ3v) is 5.77. The molecule has 6 heteroatoms. The molecule has 1 aliphatic rings. The van der Waals surface area contributed by atoms with Gasteiger partial charge in [0.05, 0.1) is 19.3 Å². The van der Waals surface area contributed by atoms with Gasteiger partial charge in [-0.3, -0.25) is 4.79 Å². The van der Waals surface area contributed by atoms with Crippen molar-refractivity contribution in [2.45, 2.75) is 20.0 Å². The SMILES string of the molecule is CC(C)CN(CC1CN(C(=O)Nc2ccccc2)CCO1)C(=O)c1cccc2ccccc12. The van der Waals surface area contributed by atoms with Crippen molar-refractivity contribution in [1.29, 1.82) is 0 Å². The fraction of sp³-hybridized carbons (Fsp3) is 0.333. The maximum Gasteiger partial charge on any atom is 0.322 e. The zero-order valence-corrected chi connectivity index (χ0v) is 19.2. The van der Waals surface area contributed by atoms with Crippen molar-refractivity contribution in [2.24, 2.45) is 5.92 Å². The Labute approximate surface area is 195 Å². The van der Waals surface area contributed by atoms with E-state index in [9.17, 15) is 9.59 Å². The Balaban J connectivity index is 1.47. The first-order valence-corrected chi connectivity index (χ1v) is 11.5. The van der Waals surface area contributed by atoms with Crippen LogP contribution in [0, 0.1) is 5.92 Å². The molecule has 1 atom stereocenters. The zero-order valence-electron chi connectivity index (χ0n) is 19.2. The number of nitrogens with zero attached hydrogens (tertiary/aromatic N) is 2. The highest BCUT2D eigenvalue weighted by Gasteiger charge is 2.28. The molecule has 6 nitrogen and oxygen atoms in total. The van der Waals surface area contributed by atoms with Crippen molar-refractivity contribution in [3.05, 3.63) is 78.4 Å². The number of rotatable bonds is 6. The van der Waals surface area contributed by atoms with Gasteiger partial charge in [0.25, 0.3) is 5.91 Å². The van der Waals surface area contributed by atoms with E-state index in [1.807, 2.05) is 77.7 Å². The number of carbonyl (C=O) groups is 2. The number of carbonyl (C=O) groups excluding carboxylic acids is 2. The van der Waals surface area contributed by atoms with Gasteiger partial charge in [0.1, 0.15) is 0 Å². The molecule has 0 spiro atoms. The van der Waals surface area contributed by atoms with E-state index in [1.165, 1.54) is 0 Å². The summed E-state index contributed by atoms with van der Waals surface area (Å²) in [6.07, 6.45) is -0.238. The Hall–Kier alpha value is -3.38. The highest BCUT2D eigenvalue weighted by Crippen LogP contribution is 2.21. The van der Waals surface area contributed by atoms with E-state index in [1.54, 1.807) is 4.90 Å². The van der Waals surface area contributed by atoms with E-state index < -0.39 is 0 Å². The number of morpholine rings is 1. The lowest BCUT2D eigenvalue weighted by Crippen LogP contribution is -2.52. The summed E-state index contributed by atoms with van der Waals surface area (Å²) in [5.74, 6) is 0.306. The average molecular weight is 446 g/mol. The predicted molar refractivity (Wildman–Crippen MR) is 131 cm³/mol. The molecule has 172 valence electrons. The molecule has 3 aromatic carbocycles. The van der Waals surface area contributed by atoms with Gasteiger partial charge in [-0.15, -0.1) is 0 Å². The van der Waals surface area contributed by atoms with Crippen LogP contribution in [0.5, 0.6) is 0 Å². The standard InChI is InChI=1S/C27H31N3O3/c1-20(2)17-30(26(31)25-14-8-10-21-9-6-7-13-24(21)25)19-23-18-29(15-16-33-23)27(32)28-22-11-4-3-5-12-22/h3-14,20,23H,15-19H2,1-2H3,(H,28,32). The summed E-state index contributed by atoms with van der Waals surface area (Å²) in [6.45, 7) is 6.68. The minimum absolute atomic E-state index is 0.00467. The number of anilines is 1. The summed E-state index contributed by atoms with van der Waals surface area (Å²) in [6, 6.07) is 23.1. The lowest BCUT2D eigenvalue weighted by Gasteiger charge is -2.36. The number of amides is 3. The number of urea groups is 1. The first kappa shape index (κ1) is 22.8. The number of fused-ring (bicyclic) bond motifs is 1. The topological polar surface area (TPSA) is 61.9 Å². The second-order valence-electron chi connectivity index (χ2n) is 8.87. The lowest BCUT2D eigenvalue weighted by atomic mass is 10.0. The molecule has 33 heavy (non-hydrogen) atoms. The Bertz CT molecular complexity index is 1090. The predicted octanol–water partition coefficient (Wildman–Crippen LogP) is 4.87. The fourth-order valence-electron chi connectivity index (χ4n) is 4.25. The van der Waals surface area contributed by atoms with Gasteiger partial charge in [-0.1, -0.05) is 68.4 Å². The highest BCUT2D eigenvalue weighted by molar-refractivity contribution is 6.07. The van der Waals surface area contributed by atoms with Gasteiger partial charge in [-0.25, -0.2) is 4.79 Å². The summed E-state index contributed by atoms with van der Waals surface area (Å²) >= 11 is 0. The van der Waals surface area contributed by atoms with Crippen LogP contribution < -0.4 is 5.32 Å². The van der Waals surface area contributed by atoms with E-state index in [0.717, 1.165) is 16.5 Å². The summed E-state index contributed by atoms with van der Waals surface area (Å²) < 4.78 is 5.98. The number of hydrogen-bond donors (Lipinski definition) is 1. The number of nitrogens with one attached hydrogen (secondary N) is 1. The smallest absolute Gasteiger partial charge is 0.322 e. The summed E-state index contributed by atoms with van der Waals surface area (Å²) in [4.78, 5) is 30.0. The number of ether oxygens (including phenoxy) is 1. The Morgan fingerprint density at radius 2 is 1.76 bits per heavy atom. The van der Waals surface area contributed by atoms with Gasteiger partial charge in [0, 0.05) is 30.9 Å². The third kappa shape index (κ3) is 5.71. The van der Waals surface area contributed by atoms with Crippen molar-refractivity contribution < 1.29 is 14.3 Å². The van der Waals surface area contributed by atoms with Gasteiger partial charge >= 0.3 is 6.03 Å². The first-order valence-electron chi connectivity index (χ1n) is 11.5. The Morgan fingerprint density at radius 3 is 2.55 bits per heavy atom. The van der Waals surface area contributed by atoms with Gasteiger partial charge in [-0.05, 0) is 34.9 Å². The molecule has 0 bridgehead atoms. The van der Waals surface area contributed by atoms with Crippen LogP contribution in [0.15, 0.2) is 72.8 Å². The molecule has 1 heterocycles. The van der Waals surface area contributed by atoms with Gasteiger partial charge in [0.2, 0.25) is 0 Å². The van der Waals surface area contributed by atoms with Gasteiger partial charge in [0.15, 0.2) is 0 Å². The molecule has 0 aliphatic carbocycles. The van der Waals surface area contributed by atoms with Crippen LogP contribution in [0.3, 0.4) is 0 Å². The molecule has 1 saturated heterocycles. The second kappa shape index (κ2) is 10.5. The summed E-state index contributed by atoms with van der Waals surface area (Å²) in [7, 11) is 0. The van der Waals surface area contributed by atoms with Gasteiger partial charge < -0.3 is 19.9 Å². The number of hydrogen-bond acceptors (Lipinski definition) is 3. The van der Waals surface area contributed by atoms with Crippen LogP contribution in [-0.2, 0) is 4.74 Å². The highest BCUT2D eigenvalue weighted by atomic mass is 16.5. The molecule has 1 fully saturated rings. The van der Waals surface area contributed by atoms with E-state index in [4.69, 9.17) is 4.74 Å². The summed E-state index contributed by atoms with van der Waals surface area (Å²) in [5, 5.41) is 4.94. The molecule has 3 aromatic rings. The molecule has 1 N–H and O–H groups in total. The molecule has 0 radical (unpaired) electrons. The number of para-hydroxylation sites is 1. The molecule has 1 unspecified atom stereocenters. The maximum atomic E-state index is 13.6. The van der Waals surface area contributed by atoms with Crippen LogP contribution in [0.2, 0.25) is 0 Å². The average Bonchev–Trinajstić information content (AvgIpc) is 2.83. The first-order chi connectivity index (χ1) is 16.0. The molecule has 1 aliphatic heterocycles. The lowest BCUT2D eigenvalue weighted by molar-refractivity contribution is -0.0272. The van der Waals surface area contributed by atoms with Crippen LogP contribution in [0.4, 0.5) is 10.5 Å². The molecule has 4 rings (SSSR count). The molecular weight excluding hydrogens is 414 g/mol. The third-order valence-electron chi connectivity index (χ3n) is 5.77. The normalized spacial score (nSPS) is 16.1.